The van der Waals surface area contributed by atoms with E-state index < -0.39 is 10.0 Å². The number of rotatable bonds is 12. The molecule has 5 aliphatic rings. The molecular formula is C30H51NO6S. The topological polar surface area (TPSA) is 83.1 Å². The lowest BCUT2D eigenvalue weighted by Gasteiger charge is -2.30. The molecule has 0 aromatic heterocycles. The number of fused-ring (bicyclic) bond motifs is 1. The highest BCUT2D eigenvalue weighted by Crippen LogP contribution is 2.38. The Morgan fingerprint density at radius 2 is 1.47 bits per heavy atom. The second-order valence-corrected chi connectivity index (χ2v) is 14.6. The quantitative estimate of drug-likeness (QED) is 0.337. The second kappa shape index (κ2) is 13.9. The van der Waals surface area contributed by atoms with Gasteiger partial charge < -0.3 is 18.9 Å². The minimum absolute atomic E-state index is 0.0281. The molecule has 0 spiro atoms. The van der Waals surface area contributed by atoms with Crippen molar-refractivity contribution in [3.05, 3.63) is 12.7 Å². The van der Waals surface area contributed by atoms with E-state index >= 15 is 0 Å². The molecule has 0 aromatic rings. The van der Waals surface area contributed by atoms with E-state index in [0.717, 1.165) is 32.5 Å². The zero-order valence-electron chi connectivity index (χ0n) is 23.3. The van der Waals surface area contributed by atoms with E-state index in [0.29, 0.717) is 31.3 Å². The standard InChI is InChI=1S/C30H51NO6S/c1-2-24-15-9-10-16-28(24)38(32,33)31-18-25-17-26-30(36-25)29(35-20-23-13-7-4-8-14-23)27(37-26)21-34-19-22-11-5-3-6-12-22/h2,22-31H,1,3-21H2/t24?,25-,26+,27-,28?,29-,30-/m1/s1. The van der Waals surface area contributed by atoms with Gasteiger partial charge in [0.2, 0.25) is 10.0 Å². The van der Waals surface area contributed by atoms with E-state index in [9.17, 15) is 8.42 Å². The van der Waals surface area contributed by atoms with E-state index in [1.165, 1.54) is 64.2 Å². The third kappa shape index (κ3) is 7.41. The van der Waals surface area contributed by atoms with Crippen LogP contribution in [-0.4, -0.2) is 70.6 Å². The molecule has 38 heavy (non-hydrogen) atoms. The van der Waals surface area contributed by atoms with Crippen LogP contribution >= 0.6 is 0 Å². The lowest BCUT2D eigenvalue weighted by atomic mass is 9.89. The maximum atomic E-state index is 13.1. The zero-order chi connectivity index (χ0) is 26.4. The van der Waals surface area contributed by atoms with Crippen LogP contribution in [0.15, 0.2) is 12.7 Å². The van der Waals surface area contributed by atoms with Crippen LogP contribution in [0.4, 0.5) is 0 Å². The first-order valence-corrected chi connectivity index (χ1v) is 17.2. The molecule has 7 nitrogen and oxygen atoms in total. The fourth-order valence-electron chi connectivity index (χ4n) is 7.56. The highest BCUT2D eigenvalue weighted by molar-refractivity contribution is 7.90. The van der Waals surface area contributed by atoms with Gasteiger partial charge in [-0.1, -0.05) is 57.4 Å². The summed E-state index contributed by atoms with van der Waals surface area (Å²) in [5.74, 6) is 1.31. The van der Waals surface area contributed by atoms with Crippen molar-refractivity contribution in [2.45, 2.75) is 132 Å². The molecule has 0 radical (unpaired) electrons. The van der Waals surface area contributed by atoms with Crippen molar-refractivity contribution >= 4 is 10.0 Å². The summed E-state index contributed by atoms with van der Waals surface area (Å²) in [6.45, 7) is 6.28. The van der Waals surface area contributed by atoms with Gasteiger partial charge in [-0.2, -0.15) is 0 Å². The fourth-order valence-corrected chi connectivity index (χ4v) is 9.38. The van der Waals surface area contributed by atoms with E-state index in [-0.39, 0.29) is 48.2 Å². The molecule has 2 unspecified atom stereocenters. The smallest absolute Gasteiger partial charge is 0.215 e. The van der Waals surface area contributed by atoms with Crippen molar-refractivity contribution in [2.75, 3.05) is 26.4 Å². The molecule has 2 saturated heterocycles. The Balaban J connectivity index is 1.14. The van der Waals surface area contributed by atoms with Crippen molar-refractivity contribution in [2.24, 2.45) is 17.8 Å². The summed E-state index contributed by atoms with van der Waals surface area (Å²) >= 11 is 0. The van der Waals surface area contributed by atoms with Crippen LogP contribution in [0.2, 0.25) is 0 Å². The SMILES string of the molecule is C=CC1CCCCC1S(=O)(=O)NC[C@H]1C[C@@H]2O[C@H](COCC3CCCCC3)[C@@H](OCC3CCCCC3)[C@@H]2O1. The zero-order valence-corrected chi connectivity index (χ0v) is 24.1. The van der Waals surface area contributed by atoms with Crippen molar-refractivity contribution in [1.29, 1.82) is 0 Å². The van der Waals surface area contributed by atoms with Gasteiger partial charge in [0.15, 0.2) is 0 Å². The molecule has 8 heteroatoms. The van der Waals surface area contributed by atoms with E-state index in [4.69, 9.17) is 18.9 Å². The molecule has 0 aromatic carbocycles. The largest absolute Gasteiger partial charge is 0.378 e. The molecule has 5 rings (SSSR count). The predicted octanol–water partition coefficient (Wildman–Crippen LogP) is 5.14. The van der Waals surface area contributed by atoms with Crippen LogP contribution in [0.25, 0.3) is 0 Å². The van der Waals surface area contributed by atoms with Gasteiger partial charge in [0.25, 0.3) is 0 Å². The third-order valence-electron chi connectivity index (χ3n) is 9.83. The summed E-state index contributed by atoms with van der Waals surface area (Å²) in [7, 11) is -3.42. The summed E-state index contributed by atoms with van der Waals surface area (Å²) < 4.78 is 54.8. The Kier molecular flexibility index (Phi) is 10.6. The second-order valence-electron chi connectivity index (χ2n) is 12.6. The monoisotopic (exact) mass is 553 g/mol. The van der Waals surface area contributed by atoms with Gasteiger partial charge in [-0.05, 0) is 56.3 Å². The maximum Gasteiger partial charge on any atom is 0.215 e. The van der Waals surface area contributed by atoms with Crippen LogP contribution < -0.4 is 4.72 Å². The predicted molar refractivity (Wildman–Crippen MR) is 149 cm³/mol. The minimum Gasteiger partial charge on any atom is -0.378 e. The van der Waals surface area contributed by atoms with Gasteiger partial charge in [-0.3, -0.25) is 0 Å². The molecular weight excluding hydrogens is 502 g/mol. The average Bonchev–Trinajstić information content (AvgIpc) is 3.49. The van der Waals surface area contributed by atoms with Gasteiger partial charge >= 0.3 is 0 Å². The van der Waals surface area contributed by atoms with Crippen molar-refractivity contribution in [3.63, 3.8) is 0 Å². The number of hydrogen-bond acceptors (Lipinski definition) is 6. The Morgan fingerprint density at radius 1 is 0.816 bits per heavy atom. The van der Waals surface area contributed by atoms with Gasteiger partial charge in [0.05, 0.1) is 30.7 Å². The first-order valence-electron chi connectivity index (χ1n) is 15.6. The molecule has 3 saturated carbocycles. The molecule has 1 N–H and O–H groups in total. The van der Waals surface area contributed by atoms with E-state index in [1.807, 2.05) is 6.08 Å². The highest BCUT2D eigenvalue weighted by atomic mass is 32.2. The normalized spacial score (nSPS) is 37.3. The molecule has 5 fully saturated rings. The number of sulfonamides is 1. The van der Waals surface area contributed by atoms with Crippen LogP contribution in [0.3, 0.4) is 0 Å². The van der Waals surface area contributed by atoms with Gasteiger partial charge in [-0.25, -0.2) is 13.1 Å². The molecule has 0 amide bonds. The lowest BCUT2D eigenvalue weighted by Crippen LogP contribution is -2.44. The Morgan fingerprint density at radius 3 is 2.18 bits per heavy atom. The van der Waals surface area contributed by atoms with Crippen LogP contribution in [0, 0.1) is 17.8 Å². The summed E-state index contributed by atoms with van der Waals surface area (Å²) in [5, 5.41) is -0.386. The van der Waals surface area contributed by atoms with E-state index in [2.05, 4.69) is 11.3 Å². The highest BCUT2D eigenvalue weighted by Gasteiger charge is 2.52. The number of ether oxygens (including phenoxy) is 4. The van der Waals surface area contributed by atoms with Gasteiger partial charge in [0.1, 0.15) is 18.3 Å². The van der Waals surface area contributed by atoms with Crippen molar-refractivity contribution in [3.8, 4) is 0 Å². The van der Waals surface area contributed by atoms with Crippen LogP contribution in [-0.2, 0) is 29.0 Å². The molecule has 218 valence electrons. The average molecular weight is 554 g/mol. The Labute approximate surface area is 230 Å². The lowest BCUT2D eigenvalue weighted by molar-refractivity contribution is -0.104. The minimum atomic E-state index is -3.42. The summed E-state index contributed by atoms with van der Waals surface area (Å²) in [4.78, 5) is 0. The Hall–Kier alpha value is -0.510. The Bertz CT molecular complexity index is 840. The molecule has 0 bridgehead atoms. The van der Waals surface area contributed by atoms with Gasteiger partial charge in [0, 0.05) is 19.6 Å². The first-order chi connectivity index (χ1) is 18.5. The van der Waals surface area contributed by atoms with Crippen molar-refractivity contribution < 1.29 is 27.4 Å². The molecule has 7 atom stereocenters. The fraction of sp³-hybridized carbons (Fsp3) is 0.933. The van der Waals surface area contributed by atoms with Crippen molar-refractivity contribution in [1.82, 2.24) is 4.72 Å². The first kappa shape index (κ1) is 29.0. The summed E-state index contributed by atoms with van der Waals surface area (Å²) in [6, 6.07) is 0. The number of nitrogens with one attached hydrogen (secondary N) is 1. The van der Waals surface area contributed by atoms with Gasteiger partial charge in [-0.15, -0.1) is 6.58 Å². The molecule has 3 aliphatic carbocycles. The summed E-state index contributed by atoms with van der Waals surface area (Å²) in [6.07, 6.45) is 18.4. The maximum absolute atomic E-state index is 13.1. The van der Waals surface area contributed by atoms with Crippen LogP contribution in [0.1, 0.15) is 96.3 Å². The third-order valence-corrected chi connectivity index (χ3v) is 11.8. The molecule has 2 heterocycles. The summed E-state index contributed by atoms with van der Waals surface area (Å²) in [5.41, 5.74) is 0. The number of hydrogen-bond donors (Lipinski definition) is 1. The molecule has 2 aliphatic heterocycles. The van der Waals surface area contributed by atoms with E-state index in [1.54, 1.807) is 0 Å². The van der Waals surface area contributed by atoms with Crippen LogP contribution in [0.5, 0.6) is 0 Å². The number of allylic oxidation sites excluding steroid dienone is 1.